The Balaban J connectivity index is 1.21. The maximum atomic E-state index is 12.9. The zero-order chi connectivity index (χ0) is 22.1. The van der Waals surface area contributed by atoms with Gasteiger partial charge in [0, 0.05) is 43.6 Å². The summed E-state index contributed by atoms with van der Waals surface area (Å²) >= 11 is 2.71. The maximum absolute atomic E-state index is 12.9. The highest BCUT2D eigenvalue weighted by atomic mass is 32.2. The average Bonchev–Trinajstić information content (AvgIpc) is 3.50. The number of rotatable bonds is 5. The summed E-state index contributed by atoms with van der Waals surface area (Å²) in [5, 5.41) is 2.64. The minimum Gasteiger partial charge on any atom is -0.344 e. The molecule has 1 N–H and O–H groups in total. The van der Waals surface area contributed by atoms with Gasteiger partial charge in [-0.15, -0.1) is 11.3 Å². The van der Waals surface area contributed by atoms with E-state index >= 15 is 0 Å². The molecule has 4 aromatic rings. The minimum absolute atomic E-state index is 0.0664. The molecule has 1 aliphatic heterocycles. The Morgan fingerprint density at radius 3 is 2.47 bits per heavy atom. The molecule has 4 heterocycles. The van der Waals surface area contributed by atoms with E-state index in [1.165, 1.54) is 0 Å². The van der Waals surface area contributed by atoms with E-state index < -0.39 is 10.0 Å². The van der Waals surface area contributed by atoms with Crippen LogP contribution in [0.2, 0.25) is 0 Å². The number of thiazole rings is 1. The van der Waals surface area contributed by atoms with Gasteiger partial charge in [0.25, 0.3) is 15.9 Å². The molecular weight excluding hydrogens is 466 g/mol. The molecule has 0 radical (unpaired) electrons. The second-order valence-electron chi connectivity index (χ2n) is 7.22. The van der Waals surface area contributed by atoms with Gasteiger partial charge in [-0.25, -0.2) is 18.4 Å². The van der Waals surface area contributed by atoms with Crippen LogP contribution in [0.5, 0.6) is 0 Å². The first-order valence-corrected chi connectivity index (χ1v) is 13.1. The van der Waals surface area contributed by atoms with Crippen molar-refractivity contribution < 1.29 is 13.2 Å². The van der Waals surface area contributed by atoms with Crippen LogP contribution < -0.4 is 9.62 Å². The topological polar surface area (TPSA) is 95.5 Å². The molecule has 164 valence electrons. The van der Waals surface area contributed by atoms with Crippen LogP contribution in [0.4, 0.5) is 10.8 Å². The Morgan fingerprint density at radius 2 is 1.78 bits per heavy atom. The molecule has 0 spiro atoms. The number of aromatic nitrogens is 2. The fourth-order valence-electron chi connectivity index (χ4n) is 3.48. The van der Waals surface area contributed by atoms with Gasteiger partial charge in [-0.3, -0.25) is 9.52 Å². The van der Waals surface area contributed by atoms with E-state index in [0.29, 0.717) is 37.4 Å². The second kappa shape index (κ2) is 8.49. The summed E-state index contributed by atoms with van der Waals surface area (Å²) in [7, 11) is -3.61. The number of hydrogen-bond donors (Lipinski definition) is 1. The Labute approximate surface area is 193 Å². The third kappa shape index (κ3) is 4.18. The fourth-order valence-corrected chi connectivity index (χ4v) is 6.49. The molecule has 0 atom stereocenters. The van der Waals surface area contributed by atoms with Gasteiger partial charge < -0.3 is 9.80 Å². The van der Waals surface area contributed by atoms with Crippen molar-refractivity contribution >= 4 is 59.8 Å². The minimum atomic E-state index is -3.61. The SMILES string of the molecule is O=C(c1ccc(NS(=O)(=O)c2cccs2)cc1)N1CCN(c2nc3cccnc3s2)CC1. The number of piperazine rings is 1. The highest BCUT2D eigenvalue weighted by molar-refractivity contribution is 7.94. The first kappa shape index (κ1) is 20.9. The number of nitrogens with one attached hydrogen (secondary N) is 1. The number of carbonyl (C=O) groups excluding carboxylic acids is 1. The largest absolute Gasteiger partial charge is 0.344 e. The predicted octanol–water partition coefficient (Wildman–Crippen LogP) is 3.52. The molecule has 5 rings (SSSR count). The van der Waals surface area contributed by atoms with Crippen molar-refractivity contribution in [3.05, 3.63) is 65.7 Å². The van der Waals surface area contributed by atoms with E-state index in [4.69, 9.17) is 0 Å². The quantitative estimate of drug-likeness (QED) is 0.465. The highest BCUT2D eigenvalue weighted by Crippen LogP contribution is 2.28. The third-order valence-electron chi connectivity index (χ3n) is 5.14. The van der Waals surface area contributed by atoms with Gasteiger partial charge in [-0.2, -0.15) is 0 Å². The molecule has 8 nitrogen and oxygen atoms in total. The number of hydrogen-bond acceptors (Lipinski definition) is 8. The Kier molecular flexibility index (Phi) is 5.53. The lowest BCUT2D eigenvalue weighted by Gasteiger charge is -2.34. The number of fused-ring (bicyclic) bond motifs is 1. The van der Waals surface area contributed by atoms with Crippen LogP contribution in [0.1, 0.15) is 10.4 Å². The lowest BCUT2D eigenvalue weighted by atomic mass is 10.1. The summed E-state index contributed by atoms with van der Waals surface area (Å²) < 4.78 is 27.5. The molecule has 11 heteroatoms. The fraction of sp³-hybridized carbons (Fsp3) is 0.190. The second-order valence-corrected chi connectivity index (χ2v) is 11.0. The molecule has 1 aliphatic rings. The van der Waals surface area contributed by atoms with Crippen molar-refractivity contribution in [2.45, 2.75) is 4.21 Å². The van der Waals surface area contributed by atoms with E-state index in [-0.39, 0.29) is 10.1 Å². The van der Waals surface area contributed by atoms with E-state index in [2.05, 4.69) is 19.6 Å². The van der Waals surface area contributed by atoms with Gasteiger partial charge in [-0.1, -0.05) is 17.4 Å². The van der Waals surface area contributed by atoms with Gasteiger partial charge in [-0.05, 0) is 47.8 Å². The summed E-state index contributed by atoms with van der Waals surface area (Å²) in [5.74, 6) is -0.0664. The normalized spacial score (nSPS) is 14.6. The van der Waals surface area contributed by atoms with Crippen LogP contribution in [-0.2, 0) is 10.0 Å². The Morgan fingerprint density at radius 1 is 1.00 bits per heavy atom. The van der Waals surface area contributed by atoms with Crippen molar-refractivity contribution in [3.63, 3.8) is 0 Å². The monoisotopic (exact) mass is 485 g/mol. The van der Waals surface area contributed by atoms with Crippen LogP contribution in [0, 0.1) is 0 Å². The van der Waals surface area contributed by atoms with Crippen molar-refractivity contribution in [3.8, 4) is 0 Å². The number of thiophene rings is 1. The molecule has 0 bridgehead atoms. The standard InChI is InChI=1S/C21H19N5O3S3/c27-20(15-5-7-16(8-6-15)24-32(28,29)18-4-2-14-30-18)25-10-12-26(13-11-25)21-23-17-3-1-9-22-19(17)31-21/h1-9,14,24H,10-13H2. The van der Waals surface area contributed by atoms with Gasteiger partial charge in [0.15, 0.2) is 5.13 Å². The summed E-state index contributed by atoms with van der Waals surface area (Å²) in [6.45, 7) is 2.58. The van der Waals surface area contributed by atoms with Crippen LogP contribution in [0.3, 0.4) is 0 Å². The van der Waals surface area contributed by atoms with E-state index in [1.54, 1.807) is 59.3 Å². The maximum Gasteiger partial charge on any atom is 0.271 e. The Bertz CT molecular complexity index is 1310. The molecule has 1 saturated heterocycles. The summed E-state index contributed by atoms with van der Waals surface area (Å²) in [6, 6.07) is 13.6. The number of amides is 1. The van der Waals surface area contributed by atoms with Gasteiger partial charge in [0.05, 0.1) is 0 Å². The van der Waals surface area contributed by atoms with Crippen LogP contribution >= 0.6 is 22.7 Å². The first-order valence-electron chi connectivity index (χ1n) is 9.92. The zero-order valence-corrected chi connectivity index (χ0v) is 19.3. The van der Waals surface area contributed by atoms with Crippen LogP contribution in [-0.4, -0.2) is 55.4 Å². The lowest BCUT2D eigenvalue weighted by molar-refractivity contribution is 0.0747. The molecule has 0 saturated carbocycles. The summed E-state index contributed by atoms with van der Waals surface area (Å²) in [4.78, 5) is 26.8. The van der Waals surface area contributed by atoms with Gasteiger partial charge >= 0.3 is 0 Å². The summed E-state index contributed by atoms with van der Waals surface area (Å²) in [6.07, 6.45) is 1.76. The summed E-state index contributed by atoms with van der Waals surface area (Å²) in [5.41, 5.74) is 1.84. The molecule has 3 aromatic heterocycles. The molecule has 32 heavy (non-hydrogen) atoms. The van der Waals surface area contributed by atoms with Crippen LogP contribution in [0.25, 0.3) is 10.3 Å². The zero-order valence-electron chi connectivity index (χ0n) is 16.8. The average molecular weight is 486 g/mol. The number of sulfonamides is 1. The van der Waals surface area contributed by atoms with E-state index in [9.17, 15) is 13.2 Å². The molecule has 1 aromatic carbocycles. The van der Waals surface area contributed by atoms with Gasteiger partial charge in [0.1, 0.15) is 14.6 Å². The van der Waals surface area contributed by atoms with Crippen molar-refractivity contribution in [1.29, 1.82) is 0 Å². The van der Waals surface area contributed by atoms with Crippen molar-refractivity contribution in [1.82, 2.24) is 14.9 Å². The highest BCUT2D eigenvalue weighted by Gasteiger charge is 2.24. The lowest BCUT2D eigenvalue weighted by Crippen LogP contribution is -2.48. The molecule has 1 amide bonds. The van der Waals surface area contributed by atoms with E-state index in [0.717, 1.165) is 26.8 Å². The Hall–Kier alpha value is -3.02. The smallest absolute Gasteiger partial charge is 0.271 e. The first-order chi connectivity index (χ1) is 15.5. The van der Waals surface area contributed by atoms with Crippen LogP contribution in [0.15, 0.2) is 64.3 Å². The van der Waals surface area contributed by atoms with Crippen molar-refractivity contribution in [2.24, 2.45) is 0 Å². The number of carbonyl (C=O) groups is 1. The number of nitrogens with zero attached hydrogens (tertiary/aromatic N) is 4. The van der Waals surface area contributed by atoms with E-state index in [1.807, 2.05) is 17.0 Å². The number of anilines is 2. The van der Waals surface area contributed by atoms with Crippen molar-refractivity contribution in [2.75, 3.05) is 35.8 Å². The number of pyridine rings is 1. The van der Waals surface area contributed by atoms with Gasteiger partial charge in [0.2, 0.25) is 0 Å². The number of benzene rings is 1. The molecular formula is C21H19N5O3S3. The predicted molar refractivity (Wildman–Crippen MR) is 127 cm³/mol. The molecule has 1 fully saturated rings. The molecule has 0 unspecified atom stereocenters. The third-order valence-corrected chi connectivity index (χ3v) is 8.96. The molecule has 0 aliphatic carbocycles.